The Bertz CT molecular complexity index is 617. The van der Waals surface area contributed by atoms with Crippen molar-refractivity contribution in [1.82, 2.24) is 9.97 Å². The molecule has 0 amide bonds. The van der Waals surface area contributed by atoms with Crippen molar-refractivity contribution in [3.63, 3.8) is 0 Å². The molecule has 1 aromatic carbocycles. The normalized spacial score (nSPS) is 10.2. The van der Waals surface area contributed by atoms with Gasteiger partial charge < -0.3 is 20.5 Å². The summed E-state index contributed by atoms with van der Waals surface area (Å²) < 4.78 is 10.5. The molecule has 1 aromatic heterocycles. The highest BCUT2D eigenvalue weighted by atomic mass is 16.5. The third-order valence-electron chi connectivity index (χ3n) is 3.03. The van der Waals surface area contributed by atoms with E-state index in [2.05, 4.69) is 15.3 Å². The predicted octanol–water partition coefficient (Wildman–Crippen LogP) is 2.25. The minimum atomic E-state index is 0.469. The van der Waals surface area contributed by atoms with Gasteiger partial charge in [-0.15, -0.1) is 0 Å². The minimum Gasteiger partial charge on any atom is -0.493 e. The Balaban J connectivity index is 2.11. The molecule has 0 atom stereocenters. The first-order valence-corrected chi connectivity index (χ1v) is 6.74. The van der Waals surface area contributed by atoms with Crippen LogP contribution in [-0.2, 0) is 13.0 Å². The van der Waals surface area contributed by atoms with Crippen LogP contribution in [0.3, 0.4) is 0 Å². The molecular formula is C15H20N4O2. The summed E-state index contributed by atoms with van der Waals surface area (Å²) in [6, 6.07) is 7.50. The van der Waals surface area contributed by atoms with Crippen molar-refractivity contribution in [1.29, 1.82) is 0 Å². The number of hydrogen-bond acceptors (Lipinski definition) is 6. The Hall–Kier alpha value is -2.50. The second-order valence-corrected chi connectivity index (χ2v) is 4.49. The minimum absolute atomic E-state index is 0.469. The SMILES string of the molecule is CCc1nc(N)cc(NCc2ccc(OC)c(OC)c2)n1. The Morgan fingerprint density at radius 2 is 1.86 bits per heavy atom. The third kappa shape index (κ3) is 3.75. The number of hydrogen-bond donors (Lipinski definition) is 2. The average Bonchev–Trinajstić information content (AvgIpc) is 2.52. The number of rotatable bonds is 6. The summed E-state index contributed by atoms with van der Waals surface area (Å²) in [6.45, 7) is 2.60. The lowest BCUT2D eigenvalue weighted by atomic mass is 10.2. The molecule has 0 fully saturated rings. The highest BCUT2D eigenvalue weighted by Gasteiger charge is 2.05. The first kappa shape index (κ1) is 14.9. The molecule has 0 saturated heterocycles. The van der Waals surface area contributed by atoms with E-state index in [1.807, 2.05) is 25.1 Å². The molecule has 1 heterocycles. The van der Waals surface area contributed by atoms with E-state index in [0.29, 0.717) is 29.7 Å². The van der Waals surface area contributed by atoms with Crippen LogP contribution in [0.1, 0.15) is 18.3 Å². The number of anilines is 2. The van der Waals surface area contributed by atoms with Gasteiger partial charge in [0, 0.05) is 19.0 Å². The van der Waals surface area contributed by atoms with Crippen molar-refractivity contribution in [3.05, 3.63) is 35.7 Å². The van der Waals surface area contributed by atoms with Crippen LogP contribution in [-0.4, -0.2) is 24.2 Å². The van der Waals surface area contributed by atoms with Crippen LogP contribution in [0.2, 0.25) is 0 Å². The molecule has 2 rings (SSSR count). The van der Waals surface area contributed by atoms with Crippen molar-refractivity contribution in [2.75, 3.05) is 25.3 Å². The Kier molecular flexibility index (Phi) is 4.81. The van der Waals surface area contributed by atoms with Crippen molar-refractivity contribution in [3.8, 4) is 11.5 Å². The third-order valence-corrected chi connectivity index (χ3v) is 3.03. The van der Waals surface area contributed by atoms with Gasteiger partial charge in [0.05, 0.1) is 14.2 Å². The molecule has 21 heavy (non-hydrogen) atoms. The maximum Gasteiger partial charge on any atom is 0.161 e. The average molecular weight is 288 g/mol. The van der Waals surface area contributed by atoms with Gasteiger partial charge in [-0.05, 0) is 17.7 Å². The zero-order valence-corrected chi connectivity index (χ0v) is 12.5. The van der Waals surface area contributed by atoms with E-state index in [9.17, 15) is 0 Å². The van der Waals surface area contributed by atoms with Crippen molar-refractivity contribution >= 4 is 11.6 Å². The van der Waals surface area contributed by atoms with Gasteiger partial charge in [0.2, 0.25) is 0 Å². The molecule has 6 heteroatoms. The number of ether oxygens (including phenoxy) is 2. The quantitative estimate of drug-likeness (QED) is 0.848. The molecule has 0 spiro atoms. The number of aryl methyl sites for hydroxylation is 1. The van der Waals surface area contributed by atoms with Gasteiger partial charge in [-0.25, -0.2) is 9.97 Å². The number of aromatic nitrogens is 2. The molecule has 112 valence electrons. The summed E-state index contributed by atoms with van der Waals surface area (Å²) in [5, 5.41) is 3.24. The van der Waals surface area contributed by atoms with Gasteiger partial charge >= 0.3 is 0 Å². The maximum atomic E-state index is 5.76. The lowest BCUT2D eigenvalue weighted by Gasteiger charge is -2.11. The Morgan fingerprint density at radius 1 is 1.10 bits per heavy atom. The van der Waals surface area contributed by atoms with E-state index in [1.54, 1.807) is 20.3 Å². The molecule has 6 nitrogen and oxygen atoms in total. The summed E-state index contributed by atoms with van der Waals surface area (Å²) in [4.78, 5) is 8.53. The zero-order valence-electron chi connectivity index (χ0n) is 12.5. The summed E-state index contributed by atoms with van der Waals surface area (Å²) in [6.07, 6.45) is 0.746. The molecule has 0 aliphatic rings. The topological polar surface area (TPSA) is 82.3 Å². The first-order valence-electron chi connectivity index (χ1n) is 6.74. The van der Waals surface area contributed by atoms with Crippen LogP contribution in [0.15, 0.2) is 24.3 Å². The molecule has 0 unspecified atom stereocenters. The van der Waals surface area contributed by atoms with Crippen LogP contribution in [0.4, 0.5) is 11.6 Å². The first-order chi connectivity index (χ1) is 10.2. The zero-order chi connectivity index (χ0) is 15.2. The highest BCUT2D eigenvalue weighted by Crippen LogP contribution is 2.27. The number of nitrogens with zero attached hydrogens (tertiary/aromatic N) is 2. The van der Waals surface area contributed by atoms with Crippen LogP contribution in [0.5, 0.6) is 11.5 Å². The van der Waals surface area contributed by atoms with Crippen molar-refractivity contribution in [2.45, 2.75) is 19.9 Å². The number of nitrogens with two attached hydrogens (primary N) is 1. The monoisotopic (exact) mass is 288 g/mol. The highest BCUT2D eigenvalue weighted by molar-refractivity contribution is 5.47. The smallest absolute Gasteiger partial charge is 0.161 e. The summed E-state index contributed by atoms with van der Waals surface area (Å²) in [7, 11) is 3.24. The fourth-order valence-electron chi connectivity index (χ4n) is 1.95. The van der Waals surface area contributed by atoms with Gasteiger partial charge in [0.25, 0.3) is 0 Å². The van der Waals surface area contributed by atoms with E-state index < -0.39 is 0 Å². The van der Waals surface area contributed by atoms with Crippen LogP contribution in [0.25, 0.3) is 0 Å². The van der Waals surface area contributed by atoms with E-state index in [4.69, 9.17) is 15.2 Å². The van der Waals surface area contributed by atoms with E-state index >= 15 is 0 Å². The second kappa shape index (κ2) is 6.78. The molecule has 0 aliphatic heterocycles. The van der Waals surface area contributed by atoms with Crippen LogP contribution in [0, 0.1) is 0 Å². The van der Waals surface area contributed by atoms with Gasteiger partial charge in [-0.3, -0.25) is 0 Å². The van der Waals surface area contributed by atoms with Gasteiger partial charge in [0.1, 0.15) is 17.5 Å². The van der Waals surface area contributed by atoms with E-state index in [1.165, 1.54) is 0 Å². The number of methoxy groups -OCH3 is 2. The molecule has 0 saturated carbocycles. The second-order valence-electron chi connectivity index (χ2n) is 4.49. The van der Waals surface area contributed by atoms with E-state index in [-0.39, 0.29) is 0 Å². The molecule has 3 N–H and O–H groups in total. The molecule has 0 bridgehead atoms. The lowest BCUT2D eigenvalue weighted by Crippen LogP contribution is -2.06. The molecule has 2 aromatic rings. The Morgan fingerprint density at radius 3 is 2.52 bits per heavy atom. The molecule has 0 aliphatic carbocycles. The number of nitrogen functional groups attached to an aromatic ring is 1. The van der Waals surface area contributed by atoms with E-state index in [0.717, 1.165) is 17.8 Å². The lowest BCUT2D eigenvalue weighted by molar-refractivity contribution is 0.354. The molecule has 0 radical (unpaired) electrons. The molecular weight excluding hydrogens is 268 g/mol. The largest absolute Gasteiger partial charge is 0.493 e. The fourth-order valence-corrected chi connectivity index (χ4v) is 1.95. The number of benzene rings is 1. The summed E-state index contributed by atoms with van der Waals surface area (Å²) >= 11 is 0. The van der Waals surface area contributed by atoms with Gasteiger partial charge in [0.15, 0.2) is 11.5 Å². The standard InChI is InChI=1S/C15H20N4O2/c1-4-14-18-13(16)8-15(19-14)17-9-10-5-6-11(20-2)12(7-10)21-3/h5-8H,4,9H2,1-3H3,(H3,16,17,18,19). The van der Waals surface area contributed by atoms with Gasteiger partial charge in [-0.2, -0.15) is 0 Å². The van der Waals surface area contributed by atoms with Gasteiger partial charge in [-0.1, -0.05) is 13.0 Å². The summed E-state index contributed by atoms with van der Waals surface area (Å²) in [5.74, 6) is 3.32. The number of nitrogens with one attached hydrogen (secondary N) is 1. The van der Waals surface area contributed by atoms with Crippen molar-refractivity contribution < 1.29 is 9.47 Å². The predicted molar refractivity (Wildman–Crippen MR) is 82.7 cm³/mol. The van der Waals surface area contributed by atoms with Crippen LogP contribution >= 0.6 is 0 Å². The maximum absolute atomic E-state index is 5.76. The fraction of sp³-hybridized carbons (Fsp3) is 0.333. The summed E-state index contributed by atoms with van der Waals surface area (Å²) in [5.41, 5.74) is 6.82. The van der Waals surface area contributed by atoms with Crippen LogP contribution < -0.4 is 20.5 Å². The Labute approximate surface area is 124 Å². The van der Waals surface area contributed by atoms with Crippen molar-refractivity contribution in [2.24, 2.45) is 0 Å².